The fraction of sp³-hybridized carbons (Fsp3) is 0.263. The van der Waals surface area contributed by atoms with Crippen molar-refractivity contribution in [1.29, 1.82) is 0 Å². The van der Waals surface area contributed by atoms with Gasteiger partial charge in [-0.25, -0.2) is 4.79 Å². The zero-order chi connectivity index (χ0) is 16.1. The average molecular weight is 296 g/mol. The van der Waals surface area contributed by atoms with Crippen molar-refractivity contribution in [2.75, 3.05) is 0 Å². The summed E-state index contributed by atoms with van der Waals surface area (Å²) < 4.78 is 5.63. The molecule has 2 unspecified atom stereocenters. The van der Waals surface area contributed by atoms with Gasteiger partial charge in [-0.15, -0.1) is 0 Å². The van der Waals surface area contributed by atoms with E-state index in [0.29, 0.717) is 5.56 Å². The van der Waals surface area contributed by atoms with Gasteiger partial charge in [-0.2, -0.15) is 0 Å². The molecule has 0 fully saturated rings. The number of carbonyl (C=O) groups is 2. The number of hydrogen-bond donors (Lipinski definition) is 0. The number of ether oxygens (including phenoxy) is 1. The molecule has 0 aliphatic heterocycles. The van der Waals surface area contributed by atoms with E-state index in [9.17, 15) is 9.59 Å². The Kier molecular flexibility index (Phi) is 5.10. The Morgan fingerprint density at radius 1 is 1.09 bits per heavy atom. The third-order valence-electron chi connectivity index (χ3n) is 3.66. The van der Waals surface area contributed by atoms with Crippen LogP contribution in [0.4, 0.5) is 0 Å². The van der Waals surface area contributed by atoms with Crippen molar-refractivity contribution in [3.05, 3.63) is 70.8 Å². The molecule has 0 aliphatic carbocycles. The fourth-order valence-electron chi connectivity index (χ4n) is 2.41. The summed E-state index contributed by atoms with van der Waals surface area (Å²) in [5, 5.41) is 0. The second-order valence-corrected chi connectivity index (χ2v) is 5.55. The predicted molar refractivity (Wildman–Crippen MR) is 85.7 cm³/mol. The number of rotatable bonds is 5. The van der Waals surface area contributed by atoms with E-state index in [1.165, 1.54) is 0 Å². The third kappa shape index (κ3) is 3.61. The fourth-order valence-corrected chi connectivity index (χ4v) is 2.41. The number of benzene rings is 2. The topological polar surface area (TPSA) is 43.4 Å². The van der Waals surface area contributed by atoms with Gasteiger partial charge in [-0.05, 0) is 31.0 Å². The first kappa shape index (κ1) is 16.0. The van der Waals surface area contributed by atoms with Gasteiger partial charge in [0.1, 0.15) is 12.4 Å². The summed E-state index contributed by atoms with van der Waals surface area (Å²) in [5.74, 6) is -0.808. The highest BCUT2D eigenvalue weighted by molar-refractivity contribution is 5.91. The van der Waals surface area contributed by atoms with Gasteiger partial charge in [0.2, 0.25) is 0 Å². The highest BCUT2D eigenvalue weighted by Gasteiger charge is 2.24. The van der Waals surface area contributed by atoms with Crippen molar-refractivity contribution < 1.29 is 14.3 Å². The highest BCUT2D eigenvalue weighted by atomic mass is 16.5. The first-order valence-electron chi connectivity index (χ1n) is 7.31. The second-order valence-electron chi connectivity index (χ2n) is 5.55. The SMILES string of the molecule is Cc1ccc(C(=O)OC(c2ccccc2)C(C)C=O)c(C)c1. The molecule has 114 valence electrons. The van der Waals surface area contributed by atoms with Crippen LogP contribution in [0, 0.1) is 19.8 Å². The summed E-state index contributed by atoms with van der Waals surface area (Å²) in [6.45, 7) is 5.60. The maximum atomic E-state index is 12.4. The smallest absolute Gasteiger partial charge is 0.339 e. The summed E-state index contributed by atoms with van der Waals surface area (Å²) in [5.41, 5.74) is 3.32. The van der Waals surface area contributed by atoms with E-state index in [1.54, 1.807) is 13.0 Å². The van der Waals surface area contributed by atoms with E-state index >= 15 is 0 Å². The lowest BCUT2D eigenvalue weighted by atomic mass is 9.98. The number of esters is 1. The molecule has 0 bridgehead atoms. The zero-order valence-electron chi connectivity index (χ0n) is 13.1. The van der Waals surface area contributed by atoms with Gasteiger partial charge in [-0.1, -0.05) is 55.0 Å². The molecule has 0 saturated heterocycles. The molecule has 0 heterocycles. The molecule has 0 saturated carbocycles. The number of aldehydes is 1. The van der Waals surface area contributed by atoms with E-state index in [-0.39, 0.29) is 0 Å². The maximum absolute atomic E-state index is 12.4. The van der Waals surface area contributed by atoms with Crippen LogP contribution in [0.25, 0.3) is 0 Å². The van der Waals surface area contributed by atoms with Crippen molar-refractivity contribution in [1.82, 2.24) is 0 Å². The van der Waals surface area contributed by atoms with Crippen LogP contribution in [-0.2, 0) is 9.53 Å². The molecule has 0 aliphatic rings. The lowest BCUT2D eigenvalue weighted by Crippen LogP contribution is -2.19. The maximum Gasteiger partial charge on any atom is 0.339 e. The Morgan fingerprint density at radius 3 is 2.36 bits per heavy atom. The van der Waals surface area contributed by atoms with Gasteiger partial charge in [0.15, 0.2) is 0 Å². The molecule has 0 aromatic heterocycles. The predicted octanol–water partition coefficient (Wildman–Crippen LogP) is 4.04. The van der Waals surface area contributed by atoms with Crippen molar-refractivity contribution >= 4 is 12.3 Å². The highest BCUT2D eigenvalue weighted by Crippen LogP contribution is 2.26. The van der Waals surface area contributed by atoms with Crippen LogP contribution in [0.2, 0.25) is 0 Å². The van der Waals surface area contributed by atoms with Crippen molar-refractivity contribution in [3.63, 3.8) is 0 Å². The van der Waals surface area contributed by atoms with Crippen molar-refractivity contribution in [2.45, 2.75) is 26.9 Å². The molecule has 3 heteroatoms. The van der Waals surface area contributed by atoms with E-state index in [1.807, 2.05) is 56.3 Å². The Morgan fingerprint density at radius 2 is 1.77 bits per heavy atom. The molecule has 2 rings (SSSR count). The van der Waals surface area contributed by atoms with Gasteiger partial charge >= 0.3 is 5.97 Å². The summed E-state index contributed by atoms with van der Waals surface area (Å²) >= 11 is 0. The standard InChI is InChI=1S/C19H20O3/c1-13-9-10-17(14(2)11-13)19(21)22-18(15(3)12-20)16-7-5-4-6-8-16/h4-12,15,18H,1-3H3. The van der Waals surface area contributed by atoms with Crippen LogP contribution in [0.15, 0.2) is 48.5 Å². The zero-order valence-corrected chi connectivity index (χ0v) is 13.1. The summed E-state index contributed by atoms with van der Waals surface area (Å²) in [7, 11) is 0. The first-order chi connectivity index (χ1) is 10.5. The Bertz CT molecular complexity index is 662. The van der Waals surface area contributed by atoms with Gasteiger partial charge in [0.25, 0.3) is 0 Å². The average Bonchev–Trinajstić information content (AvgIpc) is 2.52. The quantitative estimate of drug-likeness (QED) is 0.618. The number of aryl methyl sites for hydroxylation is 2. The van der Waals surface area contributed by atoms with E-state index in [0.717, 1.165) is 23.0 Å². The molecule has 0 N–H and O–H groups in total. The largest absolute Gasteiger partial charge is 0.453 e. The minimum atomic E-state index is -0.577. The first-order valence-corrected chi connectivity index (χ1v) is 7.31. The summed E-state index contributed by atoms with van der Waals surface area (Å²) in [4.78, 5) is 23.6. The molecule has 3 nitrogen and oxygen atoms in total. The second kappa shape index (κ2) is 7.03. The molecule has 2 atom stereocenters. The minimum Gasteiger partial charge on any atom is -0.453 e. The Labute approximate surface area is 130 Å². The van der Waals surface area contributed by atoms with Crippen LogP contribution < -0.4 is 0 Å². The van der Waals surface area contributed by atoms with E-state index < -0.39 is 18.0 Å². The molecule has 0 amide bonds. The van der Waals surface area contributed by atoms with Crippen LogP contribution in [-0.4, -0.2) is 12.3 Å². The summed E-state index contributed by atoms with van der Waals surface area (Å²) in [6, 6.07) is 14.9. The van der Waals surface area contributed by atoms with Crippen molar-refractivity contribution in [3.8, 4) is 0 Å². The van der Waals surface area contributed by atoms with Crippen LogP contribution >= 0.6 is 0 Å². The molecule has 22 heavy (non-hydrogen) atoms. The lowest BCUT2D eigenvalue weighted by molar-refractivity contribution is -0.113. The molecule has 0 radical (unpaired) electrons. The Balaban J connectivity index is 2.27. The van der Waals surface area contributed by atoms with Crippen molar-refractivity contribution in [2.24, 2.45) is 5.92 Å². The molecule has 2 aromatic rings. The van der Waals surface area contributed by atoms with E-state index in [4.69, 9.17) is 4.74 Å². The van der Waals surface area contributed by atoms with E-state index in [2.05, 4.69) is 0 Å². The van der Waals surface area contributed by atoms with Gasteiger partial charge in [0, 0.05) is 0 Å². The third-order valence-corrected chi connectivity index (χ3v) is 3.66. The number of carbonyl (C=O) groups excluding carboxylic acids is 2. The van der Waals surface area contributed by atoms with Gasteiger partial charge < -0.3 is 9.53 Å². The minimum absolute atomic E-state index is 0.403. The normalized spacial score (nSPS) is 13.2. The van der Waals surface area contributed by atoms with Gasteiger partial charge in [-0.3, -0.25) is 0 Å². The number of hydrogen-bond acceptors (Lipinski definition) is 3. The van der Waals surface area contributed by atoms with Crippen LogP contribution in [0.5, 0.6) is 0 Å². The Hall–Kier alpha value is -2.42. The van der Waals surface area contributed by atoms with Crippen LogP contribution in [0.1, 0.15) is 40.1 Å². The molecular formula is C19H20O3. The van der Waals surface area contributed by atoms with Gasteiger partial charge in [0.05, 0.1) is 11.5 Å². The lowest BCUT2D eigenvalue weighted by Gasteiger charge is -2.21. The molecule has 0 spiro atoms. The monoisotopic (exact) mass is 296 g/mol. The van der Waals surface area contributed by atoms with Crippen LogP contribution in [0.3, 0.4) is 0 Å². The summed E-state index contributed by atoms with van der Waals surface area (Å²) in [6.07, 6.45) is 0.236. The molecular weight excluding hydrogens is 276 g/mol. The molecule has 2 aromatic carbocycles.